The third kappa shape index (κ3) is 4.90. The van der Waals surface area contributed by atoms with E-state index in [1.807, 2.05) is 85.7 Å². The van der Waals surface area contributed by atoms with Crippen molar-refractivity contribution in [3.8, 4) is 0 Å². The lowest BCUT2D eigenvalue weighted by molar-refractivity contribution is -0.133. The van der Waals surface area contributed by atoms with Gasteiger partial charge < -0.3 is 9.80 Å². The molecule has 4 rings (SSSR count). The van der Waals surface area contributed by atoms with E-state index in [2.05, 4.69) is 0 Å². The molecule has 3 aromatic rings. The molecule has 0 radical (unpaired) electrons. The molecule has 1 aliphatic heterocycles. The Bertz CT molecular complexity index is 1180. The van der Waals surface area contributed by atoms with Crippen LogP contribution in [0.4, 0.5) is 5.69 Å². The first-order chi connectivity index (χ1) is 14.8. The minimum atomic E-state index is -3.09. The molecule has 0 aliphatic carbocycles. The first-order valence-corrected chi connectivity index (χ1v) is 12.4. The highest BCUT2D eigenvalue weighted by Gasteiger charge is 2.34. The quantitative estimate of drug-likeness (QED) is 0.592. The topological polar surface area (TPSA) is 57.7 Å². The van der Waals surface area contributed by atoms with E-state index in [9.17, 15) is 13.2 Å². The number of rotatable bonds is 6. The molecule has 1 amide bonds. The van der Waals surface area contributed by atoms with Crippen LogP contribution in [0.15, 0.2) is 66.7 Å². The number of hydrogen-bond donors (Lipinski definition) is 0. The van der Waals surface area contributed by atoms with Crippen LogP contribution < -0.4 is 4.90 Å². The summed E-state index contributed by atoms with van der Waals surface area (Å²) in [7, 11) is 0.877. The van der Waals surface area contributed by atoms with E-state index >= 15 is 0 Å². The van der Waals surface area contributed by atoms with E-state index < -0.39 is 9.84 Å². The van der Waals surface area contributed by atoms with E-state index in [0.717, 1.165) is 27.6 Å². The first-order valence-electron chi connectivity index (χ1n) is 10.6. The molecule has 6 heteroatoms. The van der Waals surface area contributed by atoms with Crippen LogP contribution in [0.2, 0.25) is 0 Å². The summed E-state index contributed by atoms with van der Waals surface area (Å²) in [5, 5.41) is 2.16. The second-order valence-corrected chi connectivity index (χ2v) is 10.7. The Morgan fingerprint density at radius 2 is 1.68 bits per heavy atom. The van der Waals surface area contributed by atoms with Crippen molar-refractivity contribution in [1.29, 1.82) is 0 Å². The second kappa shape index (κ2) is 8.71. The van der Waals surface area contributed by atoms with E-state index in [0.29, 0.717) is 13.0 Å². The third-order valence-electron chi connectivity index (χ3n) is 6.00. The second-order valence-electron chi connectivity index (χ2n) is 8.45. The number of nitrogens with zero attached hydrogens (tertiary/aromatic N) is 2. The van der Waals surface area contributed by atoms with E-state index in [1.165, 1.54) is 0 Å². The van der Waals surface area contributed by atoms with Gasteiger partial charge >= 0.3 is 0 Å². The van der Waals surface area contributed by atoms with Gasteiger partial charge in [-0.25, -0.2) is 8.42 Å². The largest absolute Gasteiger partial charge is 0.378 e. The third-order valence-corrected chi connectivity index (χ3v) is 7.75. The maximum Gasteiger partial charge on any atom is 0.227 e. The first kappa shape index (κ1) is 21.4. The highest BCUT2D eigenvalue weighted by atomic mass is 32.2. The Morgan fingerprint density at radius 3 is 2.35 bits per heavy atom. The van der Waals surface area contributed by atoms with Crippen molar-refractivity contribution in [1.82, 2.24) is 4.90 Å². The standard InChI is InChI=1S/C25H28N2O3S/c1-26(2)22-12-10-19(11-13-22)17-27(23-14-15-31(29,30)18-23)25(28)16-21-8-5-7-20-6-3-4-9-24(20)21/h3-13,23H,14-18H2,1-2H3. The molecular formula is C25H28N2O3S. The van der Waals surface area contributed by atoms with Gasteiger partial charge in [0.05, 0.1) is 17.9 Å². The van der Waals surface area contributed by atoms with Gasteiger partial charge in [0.2, 0.25) is 5.91 Å². The molecule has 5 nitrogen and oxygen atoms in total. The fourth-order valence-electron chi connectivity index (χ4n) is 4.25. The summed E-state index contributed by atoms with van der Waals surface area (Å²) in [5.41, 5.74) is 3.05. The zero-order chi connectivity index (χ0) is 22.0. The molecule has 1 heterocycles. The number of sulfone groups is 1. The van der Waals surface area contributed by atoms with Crippen LogP contribution in [0, 0.1) is 0 Å². The summed E-state index contributed by atoms with van der Waals surface area (Å²) < 4.78 is 24.3. The molecule has 162 valence electrons. The van der Waals surface area contributed by atoms with Crippen molar-refractivity contribution in [3.63, 3.8) is 0 Å². The zero-order valence-electron chi connectivity index (χ0n) is 18.0. The Kier molecular flexibility index (Phi) is 6.01. The van der Waals surface area contributed by atoms with Crippen LogP contribution in [-0.2, 0) is 27.6 Å². The van der Waals surface area contributed by atoms with Gasteiger partial charge in [-0.3, -0.25) is 4.79 Å². The van der Waals surface area contributed by atoms with Gasteiger partial charge in [-0.15, -0.1) is 0 Å². The number of carbonyl (C=O) groups excluding carboxylic acids is 1. The van der Waals surface area contributed by atoms with Crippen LogP contribution in [0.3, 0.4) is 0 Å². The molecule has 1 aliphatic rings. The fraction of sp³-hybridized carbons (Fsp3) is 0.320. The number of amides is 1. The van der Waals surface area contributed by atoms with Gasteiger partial charge in [0, 0.05) is 32.4 Å². The predicted molar refractivity (Wildman–Crippen MR) is 126 cm³/mol. The van der Waals surface area contributed by atoms with Gasteiger partial charge in [0.15, 0.2) is 9.84 Å². The molecule has 1 unspecified atom stereocenters. The minimum absolute atomic E-state index is 0.0323. The van der Waals surface area contributed by atoms with Gasteiger partial charge in [-0.2, -0.15) is 0 Å². The van der Waals surface area contributed by atoms with E-state index in [4.69, 9.17) is 0 Å². The van der Waals surface area contributed by atoms with Crippen LogP contribution in [0.1, 0.15) is 17.5 Å². The van der Waals surface area contributed by atoms with Crippen molar-refractivity contribution >= 4 is 32.2 Å². The van der Waals surface area contributed by atoms with Gasteiger partial charge in [-0.05, 0) is 40.5 Å². The lowest BCUT2D eigenvalue weighted by Gasteiger charge is -2.29. The van der Waals surface area contributed by atoms with Crippen molar-refractivity contribution in [2.24, 2.45) is 0 Å². The Labute approximate surface area is 184 Å². The van der Waals surface area contributed by atoms with Crippen molar-refractivity contribution in [2.45, 2.75) is 25.4 Å². The molecule has 31 heavy (non-hydrogen) atoms. The molecule has 1 atom stereocenters. The number of benzene rings is 3. The minimum Gasteiger partial charge on any atom is -0.378 e. The summed E-state index contributed by atoms with van der Waals surface area (Å²) in [6.07, 6.45) is 0.757. The van der Waals surface area contributed by atoms with E-state index in [1.54, 1.807) is 4.90 Å². The molecule has 0 N–H and O–H groups in total. The summed E-state index contributed by atoms with van der Waals surface area (Å²) in [5.74, 6) is 0.162. The molecular weight excluding hydrogens is 408 g/mol. The summed E-state index contributed by atoms with van der Waals surface area (Å²) in [4.78, 5) is 17.3. The lowest BCUT2D eigenvalue weighted by atomic mass is 10.0. The normalized spacial score (nSPS) is 17.5. The Balaban J connectivity index is 1.61. The highest BCUT2D eigenvalue weighted by molar-refractivity contribution is 7.91. The zero-order valence-corrected chi connectivity index (χ0v) is 18.8. The monoisotopic (exact) mass is 436 g/mol. The summed E-state index contributed by atoms with van der Waals surface area (Å²) >= 11 is 0. The van der Waals surface area contributed by atoms with Gasteiger partial charge in [-0.1, -0.05) is 54.6 Å². The molecule has 0 spiro atoms. The van der Waals surface area contributed by atoms with E-state index in [-0.39, 0.29) is 29.9 Å². The molecule has 0 bridgehead atoms. The van der Waals surface area contributed by atoms with Crippen LogP contribution in [0.25, 0.3) is 10.8 Å². The number of anilines is 1. The maximum absolute atomic E-state index is 13.5. The summed E-state index contributed by atoms with van der Waals surface area (Å²) in [6, 6.07) is 21.8. The highest BCUT2D eigenvalue weighted by Crippen LogP contribution is 2.24. The number of hydrogen-bond acceptors (Lipinski definition) is 4. The van der Waals surface area contributed by atoms with Crippen molar-refractivity contribution in [2.75, 3.05) is 30.5 Å². The van der Waals surface area contributed by atoms with Crippen LogP contribution in [-0.4, -0.2) is 50.9 Å². The van der Waals surface area contributed by atoms with Crippen molar-refractivity contribution in [3.05, 3.63) is 77.9 Å². The predicted octanol–water partition coefficient (Wildman–Crippen LogP) is 3.66. The maximum atomic E-state index is 13.5. The molecule has 0 aromatic heterocycles. The molecule has 0 saturated carbocycles. The van der Waals surface area contributed by atoms with Gasteiger partial charge in [0.25, 0.3) is 0 Å². The van der Waals surface area contributed by atoms with Crippen LogP contribution >= 0.6 is 0 Å². The lowest BCUT2D eigenvalue weighted by Crippen LogP contribution is -2.41. The number of carbonyl (C=O) groups is 1. The van der Waals surface area contributed by atoms with Crippen molar-refractivity contribution < 1.29 is 13.2 Å². The van der Waals surface area contributed by atoms with Crippen LogP contribution in [0.5, 0.6) is 0 Å². The molecule has 1 saturated heterocycles. The van der Waals surface area contributed by atoms with Gasteiger partial charge in [0.1, 0.15) is 0 Å². The Hall–Kier alpha value is -2.86. The summed E-state index contributed by atoms with van der Waals surface area (Å²) in [6.45, 7) is 0.414. The average Bonchev–Trinajstić information content (AvgIpc) is 3.12. The Morgan fingerprint density at radius 1 is 0.968 bits per heavy atom. The molecule has 3 aromatic carbocycles. The SMILES string of the molecule is CN(C)c1ccc(CN(C(=O)Cc2cccc3ccccc23)C2CCS(=O)(=O)C2)cc1. The number of fused-ring (bicyclic) bond motifs is 1. The molecule has 1 fully saturated rings. The average molecular weight is 437 g/mol. The fourth-order valence-corrected chi connectivity index (χ4v) is 5.98. The smallest absolute Gasteiger partial charge is 0.227 e.